The minimum Gasteiger partial charge on any atom is -0.359 e. The van der Waals surface area contributed by atoms with Crippen LogP contribution < -0.4 is 16.2 Å². The van der Waals surface area contributed by atoms with Crippen LogP contribution in [0.15, 0.2) is 24.3 Å². The minimum atomic E-state index is -0.393. The van der Waals surface area contributed by atoms with Gasteiger partial charge in [0, 0.05) is 6.04 Å². The van der Waals surface area contributed by atoms with Gasteiger partial charge >= 0.3 is 0 Å². The summed E-state index contributed by atoms with van der Waals surface area (Å²) in [5.74, 6) is -0.747. The molecule has 0 bridgehead atoms. The highest BCUT2D eigenvalue weighted by Crippen LogP contribution is 2.06. The van der Waals surface area contributed by atoms with E-state index in [-0.39, 0.29) is 18.4 Å². The lowest BCUT2D eigenvalue weighted by atomic mass is 10.1. The molecule has 6 heteroatoms. The van der Waals surface area contributed by atoms with Gasteiger partial charge in [0.1, 0.15) is 5.82 Å². The van der Waals surface area contributed by atoms with Crippen LogP contribution in [0.25, 0.3) is 0 Å². The molecule has 0 spiro atoms. The van der Waals surface area contributed by atoms with Crippen LogP contribution in [-0.2, 0) is 11.2 Å². The highest BCUT2D eigenvalue weighted by molar-refractivity contribution is 7.80. The summed E-state index contributed by atoms with van der Waals surface area (Å²) >= 11 is 4.93. The van der Waals surface area contributed by atoms with E-state index in [9.17, 15) is 9.18 Å². The second kappa shape index (κ2) is 6.90. The van der Waals surface area contributed by atoms with Crippen LogP contribution in [0.2, 0.25) is 0 Å². The van der Waals surface area contributed by atoms with Gasteiger partial charge < -0.3 is 5.32 Å². The SMILES string of the molecule is CC(C)NC(=S)NNC(=O)Cc1ccccc1F. The van der Waals surface area contributed by atoms with Gasteiger partial charge in [0.05, 0.1) is 6.42 Å². The molecule has 0 saturated heterocycles. The van der Waals surface area contributed by atoms with Gasteiger partial charge in [-0.15, -0.1) is 0 Å². The predicted molar refractivity (Wildman–Crippen MR) is 72.3 cm³/mol. The normalized spacial score (nSPS) is 10.0. The van der Waals surface area contributed by atoms with Crippen LogP contribution >= 0.6 is 12.2 Å². The molecule has 0 atom stereocenters. The average molecular weight is 269 g/mol. The van der Waals surface area contributed by atoms with Crippen molar-refractivity contribution in [3.63, 3.8) is 0 Å². The molecule has 0 aliphatic carbocycles. The van der Waals surface area contributed by atoms with Gasteiger partial charge in [-0.2, -0.15) is 0 Å². The topological polar surface area (TPSA) is 53.2 Å². The molecular weight excluding hydrogens is 253 g/mol. The van der Waals surface area contributed by atoms with E-state index < -0.39 is 5.82 Å². The number of halogens is 1. The lowest BCUT2D eigenvalue weighted by molar-refractivity contribution is -0.121. The monoisotopic (exact) mass is 269 g/mol. The fourth-order valence-electron chi connectivity index (χ4n) is 1.28. The quantitative estimate of drug-likeness (QED) is 0.571. The summed E-state index contributed by atoms with van der Waals surface area (Å²) in [6.07, 6.45) is -0.0377. The van der Waals surface area contributed by atoms with Crippen molar-refractivity contribution in [2.24, 2.45) is 0 Å². The van der Waals surface area contributed by atoms with Crippen molar-refractivity contribution in [2.75, 3.05) is 0 Å². The maximum atomic E-state index is 13.3. The Labute approximate surface area is 111 Å². The first-order valence-corrected chi connectivity index (χ1v) is 5.98. The van der Waals surface area contributed by atoms with Crippen LogP contribution in [0.1, 0.15) is 19.4 Å². The Morgan fingerprint density at radius 3 is 2.61 bits per heavy atom. The standard InChI is InChI=1S/C12H16FN3OS/c1-8(2)14-12(18)16-15-11(17)7-9-5-3-4-6-10(9)13/h3-6,8H,7H2,1-2H3,(H,15,17)(H2,14,16,18). The second-order valence-electron chi connectivity index (χ2n) is 4.07. The number of amides is 1. The Bertz CT molecular complexity index is 437. The molecule has 1 aromatic carbocycles. The van der Waals surface area contributed by atoms with Gasteiger partial charge in [0.15, 0.2) is 5.11 Å². The molecule has 98 valence electrons. The van der Waals surface area contributed by atoms with E-state index in [1.807, 2.05) is 13.8 Å². The van der Waals surface area contributed by atoms with Crippen molar-refractivity contribution in [3.8, 4) is 0 Å². The molecule has 18 heavy (non-hydrogen) atoms. The van der Waals surface area contributed by atoms with Crippen molar-refractivity contribution in [2.45, 2.75) is 26.3 Å². The third kappa shape index (κ3) is 5.09. The number of carbonyl (C=O) groups excluding carboxylic acids is 1. The van der Waals surface area contributed by atoms with E-state index in [1.165, 1.54) is 6.07 Å². The molecule has 0 aromatic heterocycles. The number of nitrogens with one attached hydrogen (secondary N) is 3. The number of rotatable bonds is 3. The summed E-state index contributed by atoms with van der Waals surface area (Å²) in [5, 5.41) is 3.23. The van der Waals surface area contributed by atoms with Crippen molar-refractivity contribution in [3.05, 3.63) is 35.6 Å². The van der Waals surface area contributed by atoms with E-state index in [1.54, 1.807) is 18.2 Å². The molecule has 0 fully saturated rings. The summed E-state index contributed by atoms with van der Waals surface area (Å²) in [6, 6.07) is 6.33. The number of hydrazine groups is 1. The van der Waals surface area contributed by atoms with Gasteiger partial charge in [-0.1, -0.05) is 18.2 Å². The highest BCUT2D eigenvalue weighted by Gasteiger charge is 2.07. The Hall–Kier alpha value is -1.69. The van der Waals surface area contributed by atoms with Crippen molar-refractivity contribution in [1.82, 2.24) is 16.2 Å². The largest absolute Gasteiger partial charge is 0.359 e. The third-order valence-corrected chi connectivity index (χ3v) is 2.26. The first kappa shape index (κ1) is 14.4. The Morgan fingerprint density at radius 1 is 1.33 bits per heavy atom. The van der Waals surface area contributed by atoms with Crippen molar-refractivity contribution in [1.29, 1.82) is 0 Å². The molecule has 0 aliphatic rings. The zero-order chi connectivity index (χ0) is 13.5. The fraction of sp³-hybridized carbons (Fsp3) is 0.333. The molecule has 0 aliphatic heterocycles. The van der Waals surface area contributed by atoms with Crippen LogP contribution in [0.5, 0.6) is 0 Å². The minimum absolute atomic E-state index is 0.0377. The maximum Gasteiger partial charge on any atom is 0.242 e. The lowest BCUT2D eigenvalue weighted by Gasteiger charge is -2.13. The summed E-state index contributed by atoms with van der Waals surface area (Å²) in [6.45, 7) is 3.85. The first-order chi connectivity index (χ1) is 8.49. The number of hydrogen-bond acceptors (Lipinski definition) is 2. The molecule has 3 N–H and O–H groups in total. The molecule has 0 heterocycles. The number of thiocarbonyl (C=S) groups is 1. The van der Waals surface area contributed by atoms with Gasteiger partial charge in [-0.05, 0) is 37.7 Å². The molecule has 0 unspecified atom stereocenters. The van der Waals surface area contributed by atoms with Crippen LogP contribution in [0.3, 0.4) is 0 Å². The Morgan fingerprint density at radius 2 is 2.00 bits per heavy atom. The zero-order valence-corrected chi connectivity index (χ0v) is 11.1. The summed E-state index contributed by atoms with van der Waals surface area (Å²) in [4.78, 5) is 11.5. The zero-order valence-electron chi connectivity index (χ0n) is 10.3. The van der Waals surface area contributed by atoms with Crippen LogP contribution in [0.4, 0.5) is 4.39 Å². The average Bonchev–Trinajstić information content (AvgIpc) is 2.29. The van der Waals surface area contributed by atoms with Gasteiger partial charge in [0.25, 0.3) is 0 Å². The summed E-state index contributed by atoms with van der Waals surface area (Å²) in [5.41, 5.74) is 5.30. The van der Waals surface area contributed by atoms with Gasteiger partial charge in [0.2, 0.25) is 5.91 Å². The first-order valence-electron chi connectivity index (χ1n) is 5.58. The Kier molecular flexibility index (Phi) is 5.51. The van der Waals surface area contributed by atoms with E-state index in [4.69, 9.17) is 12.2 Å². The molecule has 0 saturated carbocycles. The molecule has 0 radical (unpaired) electrons. The summed E-state index contributed by atoms with van der Waals surface area (Å²) in [7, 11) is 0. The van der Waals surface area contributed by atoms with Crippen molar-refractivity contribution >= 4 is 23.2 Å². The van der Waals surface area contributed by atoms with E-state index in [0.717, 1.165) is 0 Å². The molecule has 1 amide bonds. The number of benzene rings is 1. The van der Waals surface area contributed by atoms with E-state index >= 15 is 0 Å². The Balaban J connectivity index is 2.39. The molecule has 1 rings (SSSR count). The lowest BCUT2D eigenvalue weighted by Crippen LogP contribution is -2.49. The smallest absolute Gasteiger partial charge is 0.242 e. The van der Waals surface area contributed by atoms with E-state index in [2.05, 4.69) is 16.2 Å². The molecule has 1 aromatic rings. The van der Waals surface area contributed by atoms with Crippen LogP contribution in [0, 0.1) is 5.82 Å². The van der Waals surface area contributed by atoms with Crippen molar-refractivity contribution < 1.29 is 9.18 Å². The van der Waals surface area contributed by atoms with Crippen LogP contribution in [-0.4, -0.2) is 17.1 Å². The van der Waals surface area contributed by atoms with Gasteiger partial charge in [-0.25, -0.2) is 4.39 Å². The second-order valence-corrected chi connectivity index (χ2v) is 4.48. The molecule has 4 nitrogen and oxygen atoms in total. The van der Waals surface area contributed by atoms with Gasteiger partial charge in [-0.3, -0.25) is 15.6 Å². The third-order valence-electron chi connectivity index (χ3n) is 2.04. The predicted octanol–water partition coefficient (Wildman–Crippen LogP) is 1.27. The fourth-order valence-corrected chi connectivity index (χ4v) is 1.57. The summed E-state index contributed by atoms with van der Waals surface area (Å²) < 4.78 is 13.3. The highest BCUT2D eigenvalue weighted by atomic mass is 32.1. The molecular formula is C12H16FN3OS. The number of hydrogen-bond donors (Lipinski definition) is 3. The van der Waals surface area contributed by atoms with E-state index in [0.29, 0.717) is 10.7 Å². The maximum absolute atomic E-state index is 13.3. The number of carbonyl (C=O) groups is 1.